The number of hydrogen-bond donors (Lipinski definition) is 3. The lowest BCUT2D eigenvalue weighted by Crippen LogP contribution is -2.24. The average Bonchev–Trinajstić information content (AvgIpc) is 3.05. The summed E-state index contributed by atoms with van der Waals surface area (Å²) in [6.07, 6.45) is 5.12. The molecule has 0 radical (unpaired) electrons. The number of carbonyl (C=O) groups is 2. The highest BCUT2D eigenvalue weighted by molar-refractivity contribution is 6.09. The molecule has 0 atom stereocenters. The lowest BCUT2D eigenvalue weighted by Gasteiger charge is -2.05. The van der Waals surface area contributed by atoms with Crippen molar-refractivity contribution < 1.29 is 9.59 Å². The zero-order chi connectivity index (χ0) is 15.1. The average molecular weight is 285 g/mol. The lowest BCUT2D eigenvalue weighted by molar-refractivity contribution is 0.0951. The van der Waals surface area contributed by atoms with Crippen LogP contribution in [0, 0.1) is 0 Å². The summed E-state index contributed by atoms with van der Waals surface area (Å²) < 4.78 is 0. The first-order valence-corrected chi connectivity index (χ1v) is 6.98. The molecule has 5 nitrogen and oxygen atoms in total. The Morgan fingerprint density at radius 2 is 1.71 bits per heavy atom. The zero-order valence-electron chi connectivity index (χ0n) is 11.8. The molecule has 0 bridgehead atoms. The third kappa shape index (κ3) is 4.03. The minimum absolute atomic E-state index is 0.0637. The molecule has 2 aromatic rings. The Morgan fingerprint density at radius 1 is 1.00 bits per heavy atom. The predicted octanol–water partition coefficient (Wildman–Crippen LogP) is 1.71. The number of benzene rings is 1. The standard InChI is InChI=1S/C16H19N3O2/c17-8-1-2-9-19-16(21)13-5-3-12(4-6-13)15(20)14-7-10-18-11-14/h3-7,10-11,18H,1-2,8-9,17H2,(H,19,21). The number of rotatable bonds is 7. The molecular formula is C16H19N3O2. The molecule has 1 heterocycles. The normalized spacial score (nSPS) is 10.3. The van der Waals surface area contributed by atoms with Gasteiger partial charge >= 0.3 is 0 Å². The maximum atomic E-state index is 12.1. The second-order valence-electron chi connectivity index (χ2n) is 4.76. The number of aromatic nitrogens is 1. The molecular weight excluding hydrogens is 266 g/mol. The van der Waals surface area contributed by atoms with Gasteiger partial charge in [-0.3, -0.25) is 9.59 Å². The van der Waals surface area contributed by atoms with Crippen molar-refractivity contribution in [2.45, 2.75) is 12.8 Å². The first-order valence-electron chi connectivity index (χ1n) is 6.98. The summed E-state index contributed by atoms with van der Waals surface area (Å²) in [5, 5.41) is 2.83. The number of amides is 1. The van der Waals surface area contributed by atoms with E-state index < -0.39 is 0 Å². The first-order chi connectivity index (χ1) is 10.2. The number of ketones is 1. The summed E-state index contributed by atoms with van der Waals surface area (Å²) in [5.74, 6) is -0.196. The number of hydrogen-bond acceptors (Lipinski definition) is 3. The van der Waals surface area contributed by atoms with Gasteiger partial charge in [0, 0.05) is 35.6 Å². The highest BCUT2D eigenvalue weighted by atomic mass is 16.1. The predicted molar refractivity (Wildman–Crippen MR) is 81.3 cm³/mol. The van der Waals surface area contributed by atoms with Gasteiger partial charge in [-0.1, -0.05) is 12.1 Å². The number of nitrogens with two attached hydrogens (primary N) is 1. The van der Waals surface area contributed by atoms with Crippen molar-refractivity contribution in [2.24, 2.45) is 5.73 Å². The van der Waals surface area contributed by atoms with Crippen molar-refractivity contribution in [2.75, 3.05) is 13.1 Å². The van der Waals surface area contributed by atoms with Crippen molar-refractivity contribution in [3.05, 3.63) is 59.4 Å². The van der Waals surface area contributed by atoms with E-state index in [2.05, 4.69) is 10.3 Å². The fourth-order valence-corrected chi connectivity index (χ4v) is 1.98. The monoisotopic (exact) mass is 285 g/mol. The molecule has 5 heteroatoms. The molecule has 0 spiro atoms. The van der Waals surface area contributed by atoms with E-state index in [-0.39, 0.29) is 11.7 Å². The molecule has 0 saturated carbocycles. The number of aromatic amines is 1. The highest BCUT2D eigenvalue weighted by Gasteiger charge is 2.10. The van der Waals surface area contributed by atoms with E-state index in [0.717, 1.165) is 12.8 Å². The van der Waals surface area contributed by atoms with Crippen molar-refractivity contribution in [3.63, 3.8) is 0 Å². The van der Waals surface area contributed by atoms with Crippen LogP contribution in [0.5, 0.6) is 0 Å². The Balaban J connectivity index is 1.95. The van der Waals surface area contributed by atoms with Gasteiger partial charge in [0.15, 0.2) is 5.78 Å². The quantitative estimate of drug-likeness (QED) is 0.534. The maximum Gasteiger partial charge on any atom is 0.251 e. The van der Waals surface area contributed by atoms with Gasteiger partial charge in [-0.15, -0.1) is 0 Å². The van der Waals surface area contributed by atoms with Gasteiger partial charge in [-0.05, 0) is 37.6 Å². The second-order valence-corrected chi connectivity index (χ2v) is 4.76. The zero-order valence-corrected chi connectivity index (χ0v) is 11.8. The molecule has 21 heavy (non-hydrogen) atoms. The molecule has 2 rings (SSSR count). The Morgan fingerprint density at radius 3 is 2.33 bits per heavy atom. The molecule has 0 unspecified atom stereocenters. The van der Waals surface area contributed by atoms with Gasteiger partial charge in [0.1, 0.15) is 0 Å². The number of H-pyrrole nitrogens is 1. The van der Waals surface area contributed by atoms with Crippen LogP contribution >= 0.6 is 0 Å². The lowest BCUT2D eigenvalue weighted by atomic mass is 10.0. The van der Waals surface area contributed by atoms with Gasteiger partial charge in [0.2, 0.25) is 0 Å². The van der Waals surface area contributed by atoms with Gasteiger partial charge in [0.05, 0.1) is 0 Å². The van der Waals surface area contributed by atoms with E-state index in [4.69, 9.17) is 5.73 Å². The van der Waals surface area contributed by atoms with Crippen LogP contribution in [0.1, 0.15) is 39.1 Å². The first kappa shape index (κ1) is 15.0. The molecule has 0 saturated heterocycles. The van der Waals surface area contributed by atoms with E-state index in [9.17, 15) is 9.59 Å². The molecule has 0 fully saturated rings. The van der Waals surface area contributed by atoms with Gasteiger partial charge in [-0.2, -0.15) is 0 Å². The van der Waals surface area contributed by atoms with E-state index in [1.165, 1.54) is 0 Å². The Labute approximate surface area is 123 Å². The van der Waals surface area contributed by atoms with Crippen molar-refractivity contribution >= 4 is 11.7 Å². The van der Waals surface area contributed by atoms with Crippen LogP contribution in [-0.4, -0.2) is 29.8 Å². The summed E-state index contributed by atoms with van der Waals surface area (Å²) in [7, 11) is 0. The largest absolute Gasteiger partial charge is 0.367 e. The third-order valence-corrected chi connectivity index (χ3v) is 3.19. The van der Waals surface area contributed by atoms with Gasteiger partial charge in [0.25, 0.3) is 5.91 Å². The maximum absolute atomic E-state index is 12.1. The Hall–Kier alpha value is -2.40. The molecule has 0 aliphatic rings. The third-order valence-electron chi connectivity index (χ3n) is 3.19. The van der Waals surface area contributed by atoms with Gasteiger partial charge < -0.3 is 16.0 Å². The van der Waals surface area contributed by atoms with Crippen LogP contribution in [0.2, 0.25) is 0 Å². The van der Waals surface area contributed by atoms with Crippen LogP contribution in [0.15, 0.2) is 42.7 Å². The number of unbranched alkanes of at least 4 members (excludes halogenated alkanes) is 1. The van der Waals surface area contributed by atoms with Gasteiger partial charge in [-0.25, -0.2) is 0 Å². The van der Waals surface area contributed by atoms with Crippen LogP contribution in [-0.2, 0) is 0 Å². The Kier molecular flexibility index (Phi) is 5.29. The molecule has 0 aliphatic heterocycles. The molecule has 110 valence electrons. The molecule has 1 aromatic heterocycles. The van der Waals surface area contributed by atoms with Crippen molar-refractivity contribution in [1.29, 1.82) is 0 Å². The van der Waals surface area contributed by atoms with Crippen molar-refractivity contribution in [3.8, 4) is 0 Å². The molecule has 1 amide bonds. The molecule has 4 N–H and O–H groups in total. The minimum atomic E-state index is -0.132. The fraction of sp³-hybridized carbons (Fsp3) is 0.250. The number of carbonyl (C=O) groups excluding carboxylic acids is 2. The minimum Gasteiger partial charge on any atom is -0.367 e. The summed E-state index contributed by atoms with van der Waals surface area (Å²) in [5.41, 5.74) is 7.11. The topological polar surface area (TPSA) is 88.0 Å². The summed E-state index contributed by atoms with van der Waals surface area (Å²) in [6, 6.07) is 8.39. The summed E-state index contributed by atoms with van der Waals surface area (Å²) in [6.45, 7) is 1.24. The van der Waals surface area contributed by atoms with Crippen LogP contribution < -0.4 is 11.1 Å². The van der Waals surface area contributed by atoms with Crippen LogP contribution in [0.4, 0.5) is 0 Å². The van der Waals surface area contributed by atoms with E-state index in [0.29, 0.717) is 29.8 Å². The molecule has 0 aliphatic carbocycles. The van der Waals surface area contributed by atoms with E-state index in [1.54, 1.807) is 42.7 Å². The molecule has 1 aromatic carbocycles. The van der Waals surface area contributed by atoms with Crippen molar-refractivity contribution in [1.82, 2.24) is 10.3 Å². The fourth-order valence-electron chi connectivity index (χ4n) is 1.98. The van der Waals surface area contributed by atoms with E-state index in [1.807, 2.05) is 0 Å². The smallest absolute Gasteiger partial charge is 0.251 e. The summed E-state index contributed by atoms with van der Waals surface area (Å²) >= 11 is 0. The SMILES string of the molecule is NCCCCNC(=O)c1ccc(C(=O)c2cc[nH]c2)cc1. The van der Waals surface area contributed by atoms with Crippen LogP contribution in [0.25, 0.3) is 0 Å². The van der Waals surface area contributed by atoms with Crippen LogP contribution in [0.3, 0.4) is 0 Å². The van der Waals surface area contributed by atoms with E-state index >= 15 is 0 Å². The second kappa shape index (κ2) is 7.40. The summed E-state index contributed by atoms with van der Waals surface area (Å²) in [4.78, 5) is 26.8. The highest BCUT2D eigenvalue weighted by Crippen LogP contribution is 2.10. The Bertz CT molecular complexity index is 588. The number of nitrogens with one attached hydrogen (secondary N) is 2.